The van der Waals surface area contributed by atoms with E-state index in [1.807, 2.05) is 0 Å². The van der Waals surface area contributed by atoms with Gasteiger partial charge in [0.15, 0.2) is 9.84 Å². The van der Waals surface area contributed by atoms with Crippen molar-refractivity contribution in [1.29, 1.82) is 0 Å². The van der Waals surface area contributed by atoms with Crippen LogP contribution in [-0.4, -0.2) is 27.3 Å². The molecule has 5 heteroatoms. The molecule has 0 aliphatic carbocycles. The Morgan fingerprint density at radius 1 is 1.47 bits per heavy atom. The van der Waals surface area contributed by atoms with Crippen molar-refractivity contribution in [2.45, 2.75) is 17.9 Å². The van der Waals surface area contributed by atoms with Crippen molar-refractivity contribution in [3.05, 3.63) is 24.3 Å². The molecule has 0 radical (unpaired) electrons. The summed E-state index contributed by atoms with van der Waals surface area (Å²) in [6.07, 6.45) is 0. The molecule has 1 aromatic carbocycles. The fourth-order valence-electron chi connectivity index (χ4n) is 1.24. The summed E-state index contributed by atoms with van der Waals surface area (Å²) < 4.78 is 28.5. The molecular weight excluding hydrogens is 214 g/mol. The molecule has 1 atom stereocenters. The Bertz CT molecular complexity index is 426. The first-order chi connectivity index (χ1) is 6.95. The molecule has 1 aromatic rings. The van der Waals surface area contributed by atoms with E-state index in [9.17, 15) is 8.42 Å². The summed E-state index contributed by atoms with van der Waals surface area (Å²) in [7, 11) is -1.80. The number of nitrogens with two attached hydrogens (primary N) is 1. The fourth-order valence-corrected chi connectivity index (χ4v) is 2.70. The van der Waals surface area contributed by atoms with Gasteiger partial charge in [-0.1, -0.05) is 6.07 Å². The van der Waals surface area contributed by atoms with Gasteiger partial charge in [-0.25, -0.2) is 8.42 Å². The van der Waals surface area contributed by atoms with Gasteiger partial charge in [0.1, 0.15) is 5.75 Å². The largest absolute Gasteiger partial charge is 0.497 e. The maximum Gasteiger partial charge on any atom is 0.180 e. The first kappa shape index (κ1) is 12.0. The number of hydrogen-bond acceptors (Lipinski definition) is 4. The average molecular weight is 229 g/mol. The molecule has 4 nitrogen and oxygen atoms in total. The van der Waals surface area contributed by atoms with Crippen molar-refractivity contribution in [1.82, 2.24) is 0 Å². The predicted octanol–water partition coefficient (Wildman–Crippen LogP) is 0.816. The first-order valence-electron chi connectivity index (χ1n) is 4.58. The van der Waals surface area contributed by atoms with Gasteiger partial charge in [-0.2, -0.15) is 0 Å². The Hall–Kier alpha value is -1.07. The molecule has 0 aliphatic heterocycles. The number of methoxy groups -OCH3 is 1. The number of sulfone groups is 1. The molecule has 0 heterocycles. The second-order valence-electron chi connectivity index (χ2n) is 3.44. The van der Waals surface area contributed by atoms with Gasteiger partial charge in [-0.15, -0.1) is 0 Å². The van der Waals surface area contributed by atoms with Crippen molar-refractivity contribution in [3.8, 4) is 5.75 Å². The Labute approximate surface area is 90.0 Å². The maximum absolute atomic E-state index is 11.8. The van der Waals surface area contributed by atoms with Crippen LogP contribution >= 0.6 is 0 Å². The van der Waals surface area contributed by atoms with E-state index < -0.39 is 9.84 Å². The summed E-state index contributed by atoms with van der Waals surface area (Å²) >= 11 is 0. The molecule has 0 saturated carbocycles. The highest BCUT2D eigenvalue weighted by molar-refractivity contribution is 7.91. The van der Waals surface area contributed by atoms with Crippen molar-refractivity contribution in [2.75, 3.05) is 12.9 Å². The van der Waals surface area contributed by atoms with Gasteiger partial charge >= 0.3 is 0 Å². The first-order valence-corrected chi connectivity index (χ1v) is 6.23. The molecule has 0 fully saturated rings. The summed E-state index contributed by atoms with van der Waals surface area (Å²) in [6.45, 7) is 1.66. The van der Waals surface area contributed by atoms with E-state index in [-0.39, 0.29) is 16.7 Å². The summed E-state index contributed by atoms with van der Waals surface area (Å²) in [6, 6.07) is 6.01. The number of benzene rings is 1. The summed E-state index contributed by atoms with van der Waals surface area (Å²) in [5.41, 5.74) is 5.48. The van der Waals surface area contributed by atoms with Crippen LogP contribution in [-0.2, 0) is 9.84 Å². The van der Waals surface area contributed by atoms with E-state index in [0.29, 0.717) is 5.75 Å². The van der Waals surface area contributed by atoms with Crippen LogP contribution < -0.4 is 10.5 Å². The van der Waals surface area contributed by atoms with Crippen LogP contribution in [0.15, 0.2) is 29.2 Å². The molecular formula is C10H15NO3S. The third kappa shape index (κ3) is 3.21. The summed E-state index contributed by atoms with van der Waals surface area (Å²) in [5.74, 6) is 0.473. The van der Waals surface area contributed by atoms with Crippen LogP contribution in [0.3, 0.4) is 0 Å². The van der Waals surface area contributed by atoms with Crippen molar-refractivity contribution >= 4 is 9.84 Å². The normalized spacial score (nSPS) is 13.5. The lowest BCUT2D eigenvalue weighted by molar-refractivity contribution is 0.413. The van der Waals surface area contributed by atoms with Gasteiger partial charge in [-0.3, -0.25) is 0 Å². The van der Waals surface area contributed by atoms with Crippen LogP contribution in [0.25, 0.3) is 0 Å². The fraction of sp³-hybridized carbons (Fsp3) is 0.400. The molecule has 0 spiro atoms. The number of ether oxygens (including phenoxy) is 1. The van der Waals surface area contributed by atoms with Crippen LogP contribution in [0.2, 0.25) is 0 Å². The number of hydrogen-bond donors (Lipinski definition) is 1. The maximum atomic E-state index is 11.8. The molecule has 0 bridgehead atoms. The van der Waals surface area contributed by atoms with Crippen LogP contribution in [0.4, 0.5) is 0 Å². The highest BCUT2D eigenvalue weighted by Gasteiger charge is 2.16. The minimum Gasteiger partial charge on any atom is -0.497 e. The van der Waals surface area contributed by atoms with Gasteiger partial charge in [0.2, 0.25) is 0 Å². The Balaban J connectivity index is 3.04. The zero-order chi connectivity index (χ0) is 11.5. The van der Waals surface area contributed by atoms with Crippen LogP contribution in [0.1, 0.15) is 6.92 Å². The highest BCUT2D eigenvalue weighted by atomic mass is 32.2. The standard InChI is InChI=1S/C10H15NO3S/c1-8(11)7-15(12,13)10-5-3-4-9(6-10)14-2/h3-6,8H,7,11H2,1-2H3. The van der Waals surface area contributed by atoms with Gasteiger partial charge in [0, 0.05) is 6.04 Å². The van der Waals surface area contributed by atoms with Crippen molar-refractivity contribution in [2.24, 2.45) is 5.73 Å². The van der Waals surface area contributed by atoms with Crippen LogP contribution in [0.5, 0.6) is 5.75 Å². The molecule has 0 saturated heterocycles. The second kappa shape index (κ2) is 4.63. The second-order valence-corrected chi connectivity index (χ2v) is 5.47. The molecule has 1 rings (SSSR count). The Kier molecular flexibility index (Phi) is 3.71. The molecule has 0 aliphatic rings. The minimum atomic E-state index is -3.30. The predicted molar refractivity (Wildman–Crippen MR) is 58.7 cm³/mol. The number of rotatable bonds is 4. The Morgan fingerprint density at radius 2 is 2.13 bits per heavy atom. The zero-order valence-electron chi connectivity index (χ0n) is 8.80. The third-order valence-corrected chi connectivity index (χ3v) is 3.82. The van der Waals surface area contributed by atoms with E-state index in [1.54, 1.807) is 25.1 Å². The van der Waals surface area contributed by atoms with Gasteiger partial charge in [-0.05, 0) is 25.1 Å². The average Bonchev–Trinajstić information content (AvgIpc) is 2.16. The summed E-state index contributed by atoms with van der Waals surface area (Å²) in [4.78, 5) is 0.249. The van der Waals surface area contributed by atoms with E-state index >= 15 is 0 Å². The molecule has 0 amide bonds. The molecule has 15 heavy (non-hydrogen) atoms. The Morgan fingerprint density at radius 3 is 2.67 bits per heavy atom. The van der Waals surface area contributed by atoms with E-state index in [0.717, 1.165) is 0 Å². The molecule has 2 N–H and O–H groups in total. The summed E-state index contributed by atoms with van der Waals surface area (Å²) in [5, 5.41) is 0. The van der Waals surface area contributed by atoms with Gasteiger partial charge in [0.05, 0.1) is 17.8 Å². The van der Waals surface area contributed by atoms with E-state index in [1.165, 1.54) is 13.2 Å². The smallest absolute Gasteiger partial charge is 0.180 e. The lowest BCUT2D eigenvalue weighted by atomic mass is 10.3. The third-order valence-electron chi connectivity index (χ3n) is 1.88. The van der Waals surface area contributed by atoms with Crippen LogP contribution in [0, 0.1) is 0 Å². The molecule has 0 aromatic heterocycles. The zero-order valence-corrected chi connectivity index (χ0v) is 9.62. The topological polar surface area (TPSA) is 69.4 Å². The highest BCUT2D eigenvalue weighted by Crippen LogP contribution is 2.18. The van der Waals surface area contributed by atoms with Crippen molar-refractivity contribution < 1.29 is 13.2 Å². The lowest BCUT2D eigenvalue weighted by Crippen LogP contribution is -2.26. The molecule has 84 valence electrons. The lowest BCUT2D eigenvalue weighted by Gasteiger charge is -2.08. The van der Waals surface area contributed by atoms with Crippen molar-refractivity contribution in [3.63, 3.8) is 0 Å². The molecule has 1 unspecified atom stereocenters. The monoisotopic (exact) mass is 229 g/mol. The van der Waals surface area contributed by atoms with E-state index in [2.05, 4.69) is 0 Å². The van der Waals surface area contributed by atoms with E-state index in [4.69, 9.17) is 10.5 Å². The quantitative estimate of drug-likeness (QED) is 0.829. The SMILES string of the molecule is COc1cccc(S(=O)(=O)CC(C)N)c1. The van der Waals surface area contributed by atoms with Gasteiger partial charge < -0.3 is 10.5 Å². The van der Waals surface area contributed by atoms with Gasteiger partial charge in [0.25, 0.3) is 0 Å². The minimum absolute atomic E-state index is 0.0554.